The predicted molar refractivity (Wildman–Crippen MR) is 106 cm³/mol. The van der Waals surface area contributed by atoms with Gasteiger partial charge in [0.25, 0.3) is 5.91 Å². The maximum atomic E-state index is 12.8. The Kier molecular flexibility index (Phi) is 5.90. The zero-order valence-corrected chi connectivity index (χ0v) is 17.1. The Morgan fingerprint density at radius 2 is 1.67 bits per heavy atom. The Labute approximate surface area is 173 Å². The molecule has 2 unspecified atom stereocenters. The van der Waals surface area contributed by atoms with Gasteiger partial charge in [-0.25, -0.2) is 13.6 Å². The molecule has 30 heavy (non-hydrogen) atoms. The molecule has 158 valence electrons. The summed E-state index contributed by atoms with van der Waals surface area (Å²) in [5, 5.41) is 5.11. The van der Waals surface area contributed by atoms with E-state index in [1.807, 2.05) is 0 Å². The quantitative estimate of drug-likeness (QED) is 0.412. The van der Waals surface area contributed by atoms with Gasteiger partial charge in [0.15, 0.2) is 0 Å². The predicted octanol–water partition coefficient (Wildman–Crippen LogP) is 1.18. The number of sulfonamides is 1. The van der Waals surface area contributed by atoms with Gasteiger partial charge in [-0.1, -0.05) is 12.1 Å². The number of anilines is 1. The van der Waals surface area contributed by atoms with E-state index in [0.717, 1.165) is 0 Å². The van der Waals surface area contributed by atoms with Crippen molar-refractivity contribution in [3.05, 3.63) is 54.1 Å². The molecule has 0 saturated carbocycles. The first-order valence-corrected chi connectivity index (χ1v) is 10.5. The summed E-state index contributed by atoms with van der Waals surface area (Å²) in [4.78, 5) is 39.1. The lowest BCUT2D eigenvalue weighted by Gasteiger charge is -2.27. The normalized spacial score (nSPS) is 19.1. The van der Waals surface area contributed by atoms with E-state index in [1.165, 1.54) is 36.3 Å². The number of rotatable bonds is 6. The summed E-state index contributed by atoms with van der Waals surface area (Å²) < 4.78 is 33.2. The lowest BCUT2D eigenvalue weighted by molar-refractivity contribution is -0.152. The number of ether oxygens (including phenoxy) is 2. The van der Waals surface area contributed by atoms with Crippen LogP contribution in [0.4, 0.5) is 5.69 Å². The van der Waals surface area contributed by atoms with E-state index in [4.69, 9.17) is 14.6 Å². The number of benzene rings is 2. The minimum atomic E-state index is -3.93. The lowest BCUT2D eigenvalue weighted by atomic mass is 9.92. The van der Waals surface area contributed by atoms with Gasteiger partial charge in [-0.05, 0) is 48.9 Å². The Morgan fingerprint density at radius 3 is 2.17 bits per heavy atom. The number of amides is 1. The third-order valence-electron chi connectivity index (χ3n) is 4.75. The third-order valence-corrected chi connectivity index (χ3v) is 5.68. The monoisotopic (exact) mass is 432 g/mol. The third kappa shape index (κ3) is 3.91. The maximum absolute atomic E-state index is 12.8. The molecular weight excluding hydrogens is 412 g/mol. The van der Waals surface area contributed by atoms with Crippen molar-refractivity contribution in [2.24, 2.45) is 11.1 Å². The fourth-order valence-electron chi connectivity index (χ4n) is 3.36. The first kappa shape index (κ1) is 21.5. The number of ketones is 1. The van der Waals surface area contributed by atoms with Crippen LogP contribution in [0.3, 0.4) is 0 Å². The van der Waals surface area contributed by atoms with Gasteiger partial charge in [-0.3, -0.25) is 19.3 Å². The Balaban J connectivity index is 2.11. The van der Waals surface area contributed by atoms with Crippen LogP contribution in [0.25, 0.3) is 0 Å². The number of hydrogen-bond donors (Lipinski definition) is 1. The summed E-state index contributed by atoms with van der Waals surface area (Å²) in [6, 6.07) is 10.8. The van der Waals surface area contributed by atoms with Gasteiger partial charge in [0.2, 0.25) is 15.8 Å². The van der Waals surface area contributed by atoms with Gasteiger partial charge in [0, 0.05) is 5.69 Å². The molecule has 1 amide bonds. The molecular formula is C20H20N2O7S. The minimum Gasteiger partial charge on any atom is -0.497 e. The van der Waals surface area contributed by atoms with Gasteiger partial charge in [-0.2, -0.15) is 0 Å². The Morgan fingerprint density at radius 1 is 1.07 bits per heavy atom. The van der Waals surface area contributed by atoms with Crippen LogP contribution in [0.1, 0.15) is 18.5 Å². The Bertz CT molecular complexity index is 1080. The van der Waals surface area contributed by atoms with Crippen molar-refractivity contribution in [3.63, 3.8) is 0 Å². The number of carbonyl (C=O) groups excluding carboxylic acids is 3. The second-order valence-electron chi connectivity index (χ2n) is 6.53. The number of carbonyl (C=O) groups is 3. The van der Waals surface area contributed by atoms with Crippen molar-refractivity contribution in [2.45, 2.75) is 17.9 Å². The summed E-state index contributed by atoms with van der Waals surface area (Å²) >= 11 is 0. The van der Waals surface area contributed by atoms with Crippen LogP contribution in [0.2, 0.25) is 0 Å². The standard InChI is InChI=1S/C20H20N2O7S/c1-3-29-20(25)16-17(12-4-8-14(28-2)9-5-12)22(19(24)18(16)23)13-6-10-15(11-7-13)30(21,26)27/h4-11,16-17H,3H2,1-2H3,(H2,21,26,27). The summed E-state index contributed by atoms with van der Waals surface area (Å²) in [7, 11) is -2.43. The van der Waals surface area contributed by atoms with Gasteiger partial charge >= 0.3 is 5.97 Å². The van der Waals surface area contributed by atoms with E-state index >= 15 is 0 Å². The summed E-state index contributed by atoms with van der Waals surface area (Å²) in [6.07, 6.45) is 0. The average Bonchev–Trinajstić information content (AvgIpc) is 2.98. The molecule has 1 saturated heterocycles. The maximum Gasteiger partial charge on any atom is 0.319 e. The SMILES string of the molecule is CCOC(=O)C1C(=O)C(=O)N(c2ccc(S(N)(=O)=O)cc2)C1c1ccc(OC)cc1. The average molecular weight is 432 g/mol. The number of nitrogens with two attached hydrogens (primary N) is 1. The molecule has 1 aliphatic heterocycles. The van der Waals surface area contributed by atoms with Crippen LogP contribution in [0, 0.1) is 5.92 Å². The van der Waals surface area contributed by atoms with Crippen molar-refractivity contribution >= 4 is 33.4 Å². The van der Waals surface area contributed by atoms with E-state index in [0.29, 0.717) is 11.3 Å². The smallest absolute Gasteiger partial charge is 0.319 e. The van der Waals surface area contributed by atoms with E-state index < -0.39 is 39.6 Å². The number of esters is 1. The fraction of sp³-hybridized carbons (Fsp3) is 0.250. The molecule has 3 rings (SSSR count). The molecule has 1 heterocycles. The van der Waals surface area contributed by atoms with Crippen molar-refractivity contribution in [1.82, 2.24) is 0 Å². The highest BCUT2D eigenvalue weighted by molar-refractivity contribution is 7.89. The van der Waals surface area contributed by atoms with Crippen LogP contribution in [0.15, 0.2) is 53.4 Å². The molecule has 1 aliphatic rings. The van der Waals surface area contributed by atoms with Crippen LogP contribution in [-0.2, 0) is 29.1 Å². The van der Waals surface area contributed by atoms with Gasteiger partial charge in [0.05, 0.1) is 24.7 Å². The molecule has 0 radical (unpaired) electrons. The highest BCUT2D eigenvalue weighted by atomic mass is 32.2. The van der Waals surface area contributed by atoms with Crippen LogP contribution in [0.5, 0.6) is 5.75 Å². The minimum absolute atomic E-state index is 0.0508. The van der Waals surface area contributed by atoms with Gasteiger partial charge in [-0.15, -0.1) is 0 Å². The molecule has 2 aromatic carbocycles. The number of nitrogens with zero attached hydrogens (tertiary/aromatic N) is 1. The van der Waals surface area contributed by atoms with E-state index in [2.05, 4.69) is 0 Å². The van der Waals surface area contributed by atoms with Crippen LogP contribution >= 0.6 is 0 Å². The lowest BCUT2D eigenvalue weighted by Crippen LogP contribution is -2.31. The second kappa shape index (κ2) is 8.25. The molecule has 0 spiro atoms. The molecule has 0 aromatic heterocycles. The Hall–Kier alpha value is -3.24. The van der Waals surface area contributed by atoms with Crippen molar-refractivity contribution in [2.75, 3.05) is 18.6 Å². The fourth-order valence-corrected chi connectivity index (χ4v) is 3.87. The highest BCUT2D eigenvalue weighted by Crippen LogP contribution is 2.40. The van der Waals surface area contributed by atoms with Crippen molar-refractivity contribution < 1.29 is 32.3 Å². The van der Waals surface area contributed by atoms with Gasteiger partial charge < -0.3 is 9.47 Å². The summed E-state index contributed by atoms with van der Waals surface area (Å²) in [5.74, 6) is -3.39. The zero-order chi connectivity index (χ0) is 22.1. The van der Waals surface area contributed by atoms with Crippen LogP contribution < -0.4 is 14.8 Å². The molecule has 0 aliphatic carbocycles. The van der Waals surface area contributed by atoms with Crippen molar-refractivity contribution in [3.8, 4) is 5.75 Å². The number of Topliss-reactive ketones (excluding diaryl/α,β-unsaturated/α-hetero) is 1. The van der Waals surface area contributed by atoms with Gasteiger partial charge in [0.1, 0.15) is 11.7 Å². The summed E-state index contributed by atoms with van der Waals surface area (Å²) in [6.45, 7) is 1.65. The molecule has 9 nitrogen and oxygen atoms in total. The molecule has 10 heteroatoms. The van der Waals surface area contributed by atoms with Crippen molar-refractivity contribution in [1.29, 1.82) is 0 Å². The largest absolute Gasteiger partial charge is 0.497 e. The first-order valence-electron chi connectivity index (χ1n) is 9.00. The summed E-state index contributed by atoms with van der Waals surface area (Å²) in [5.41, 5.74) is 0.761. The number of hydrogen-bond acceptors (Lipinski definition) is 7. The number of primary sulfonamides is 1. The molecule has 2 N–H and O–H groups in total. The topological polar surface area (TPSA) is 133 Å². The van der Waals surface area contributed by atoms with E-state index in [1.54, 1.807) is 31.2 Å². The highest BCUT2D eigenvalue weighted by Gasteiger charge is 2.53. The zero-order valence-electron chi connectivity index (χ0n) is 16.3. The van der Waals surface area contributed by atoms with E-state index in [9.17, 15) is 22.8 Å². The molecule has 2 aromatic rings. The van der Waals surface area contributed by atoms with Crippen LogP contribution in [-0.4, -0.2) is 39.8 Å². The van der Waals surface area contributed by atoms with E-state index in [-0.39, 0.29) is 17.2 Å². The second-order valence-corrected chi connectivity index (χ2v) is 8.09. The molecule has 1 fully saturated rings. The molecule has 2 atom stereocenters. The first-order chi connectivity index (χ1) is 14.2. The number of methoxy groups -OCH3 is 1. The molecule has 0 bridgehead atoms.